The van der Waals surface area contributed by atoms with Crippen molar-refractivity contribution in [2.45, 2.75) is 38.1 Å². The monoisotopic (exact) mass is 380 g/mol. The molecule has 28 heavy (non-hydrogen) atoms. The third-order valence-corrected chi connectivity index (χ3v) is 5.24. The molecule has 0 aromatic heterocycles. The van der Waals surface area contributed by atoms with E-state index < -0.39 is 4.92 Å². The summed E-state index contributed by atoms with van der Waals surface area (Å²) in [6.07, 6.45) is 5.75. The van der Waals surface area contributed by atoms with Crippen LogP contribution < -0.4 is 15.5 Å². The zero-order chi connectivity index (χ0) is 19.5. The van der Waals surface area contributed by atoms with E-state index in [1.165, 1.54) is 25.3 Å². The van der Waals surface area contributed by atoms with Crippen LogP contribution in [0, 0.1) is 10.1 Å². The van der Waals surface area contributed by atoms with E-state index in [1.54, 1.807) is 12.1 Å². The summed E-state index contributed by atoms with van der Waals surface area (Å²) in [6.45, 7) is 2.13. The Hall–Kier alpha value is -3.09. The van der Waals surface area contributed by atoms with E-state index in [9.17, 15) is 14.9 Å². The molecule has 2 aliphatic rings. The van der Waals surface area contributed by atoms with Gasteiger partial charge in [-0.1, -0.05) is 0 Å². The number of nitrogens with zero attached hydrogens (tertiary/aromatic N) is 2. The molecule has 0 unspecified atom stereocenters. The Labute approximate surface area is 163 Å². The minimum atomic E-state index is -0.449. The lowest BCUT2D eigenvalue weighted by molar-refractivity contribution is -0.384. The summed E-state index contributed by atoms with van der Waals surface area (Å²) in [5.74, 6) is -0.355. The molecule has 0 bridgehead atoms. The van der Waals surface area contributed by atoms with Gasteiger partial charge in [-0.2, -0.15) is 0 Å². The molecule has 1 saturated heterocycles. The fourth-order valence-corrected chi connectivity index (χ4v) is 3.50. The first-order valence-corrected chi connectivity index (χ1v) is 9.81. The Kier molecular flexibility index (Phi) is 5.14. The summed E-state index contributed by atoms with van der Waals surface area (Å²) in [6, 6.07) is 12.6. The third kappa shape index (κ3) is 4.24. The molecule has 2 aromatic rings. The molecule has 1 aliphatic carbocycles. The quantitative estimate of drug-likeness (QED) is 0.572. The van der Waals surface area contributed by atoms with E-state index in [0.717, 1.165) is 31.6 Å². The van der Waals surface area contributed by atoms with Gasteiger partial charge in [0, 0.05) is 42.1 Å². The summed E-state index contributed by atoms with van der Waals surface area (Å²) in [5.41, 5.74) is 2.50. The van der Waals surface area contributed by atoms with Crippen LogP contribution in [0.25, 0.3) is 0 Å². The number of benzene rings is 2. The summed E-state index contributed by atoms with van der Waals surface area (Å²) >= 11 is 0. The second kappa shape index (κ2) is 7.88. The van der Waals surface area contributed by atoms with Gasteiger partial charge in [0.05, 0.1) is 4.92 Å². The molecular formula is C21H24N4O3. The van der Waals surface area contributed by atoms with Crippen molar-refractivity contribution in [1.29, 1.82) is 0 Å². The van der Waals surface area contributed by atoms with Crippen molar-refractivity contribution in [2.75, 3.05) is 28.6 Å². The standard InChI is InChI=1S/C21H24N4O3/c26-21(15-4-11-19(22-16-5-6-16)20(14-15)25(27)28)23-17-7-9-18(10-8-17)24-12-2-1-3-13-24/h4,7-11,14,16,22H,1-3,5-6,12-13H2,(H,23,26). The molecule has 4 rings (SSSR count). The molecule has 1 aliphatic heterocycles. The Balaban J connectivity index is 1.45. The van der Waals surface area contributed by atoms with Gasteiger partial charge in [0.2, 0.25) is 0 Å². The van der Waals surface area contributed by atoms with Gasteiger partial charge in [0.25, 0.3) is 11.6 Å². The number of carbonyl (C=O) groups is 1. The van der Waals surface area contributed by atoms with Crippen LogP contribution in [-0.4, -0.2) is 30.0 Å². The SMILES string of the molecule is O=C(Nc1ccc(N2CCCCC2)cc1)c1ccc(NC2CC2)c([N+](=O)[O-])c1. The molecule has 0 radical (unpaired) electrons. The van der Waals surface area contributed by atoms with E-state index in [1.807, 2.05) is 24.3 Å². The number of hydrogen-bond acceptors (Lipinski definition) is 5. The predicted octanol–water partition coefficient (Wildman–Crippen LogP) is 4.41. The summed E-state index contributed by atoms with van der Waals surface area (Å²) in [7, 11) is 0. The highest BCUT2D eigenvalue weighted by Crippen LogP contribution is 2.32. The average molecular weight is 380 g/mol. The highest BCUT2D eigenvalue weighted by Gasteiger charge is 2.25. The van der Waals surface area contributed by atoms with Crippen LogP contribution in [0.5, 0.6) is 0 Å². The predicted molar refractivity (Wildman–Crippen MR) is 110 cm³/mol. The lowest BCUT2D eigenvalue weighted by Crippen LogP contribution is -2.29. The van der Waals surface area contributed by atoms with Gasteiger partial charge in [0.1, 0.15) is 5.69 Å². The molecule has 2 fully saturated rings. The molecule has 0 atom stereocenters. The zero-order valence-electron chi connectivity index (χ0n) is 15.7. The highest BCUT2D eigenvalue weighted by molar-refractivity contribution is 6.05. The van der Waals surface area contributed by atoms with Crippen molar-refractivity contribution >= 4 is 28.7 Å². The summed E-state index contributed by atoms with van der Waals surface area (Å²) in [4.78, 5) is 25.8. The first-order valence-electron chi connectivity index (χ1n) is 9.81. The van der Waals surface area contributed by atoms with Gasteiger partial charge in [-0.05, 0) is 68.5 Å². The van der Waals surface area contributed by atoms with Crippen molar-refractivity contribution in [2.24, 2.45) is 0 Å². The maximum Gasteiger partial charge on any atom is 0.293 e. The topological polar surface area (TPSA) is 87.5 Å². The third-order valence-electron chi connectivity index (χ3n) is 5.24. The van der Waals surface area contributed by atoms with Crippen molar-refractivity contribution in [3.63, 3.8) is 0 Å². The molecule has 1 saturated carbocycles. The molecule has 1 heterocycles. The maximum atomic E-state index is 12.6. The van der Waals surface area contributed by atoms with E-state index in [-0.39, 0.29) is 17.2 Å². The second-order valence-corrected chi connectivity index (χ2v) is 7.46. The lowest BCUT2D eigenvalue weighted by atomic mass is 10.1. The molecule has 2 aromatic carbocycles. The second-order valence-electron chi connectivity index (χ2n) is 7.46. The molecule has 7 nitrogen and oxygen atoms in total. The number of anilines is 3. The van der Waals surface area contributed by atoms with Crippen LogP contribution in [0.4, 0.5) is 22.7 Å². The van der Waals surface area contributed by atoms with Gasteiger partial charge >= 0.3 is 0 Å². The van der Waals surface area contributed by atoms with Crippen LogP contribution in [0.1, 0.15) is 42.5 Å². The van der Waals surface area contributed by atoms with E-state index in [4.69, 9.17) is 0 Å². The first-order chi connectivity index (χ1) is 13.6. The Bertz CT molecular complexity index is 872. The van der Waals surface area contributed by atoms with Crippen molar-refractivity contribution in [1.82, 2.24) is 0 Å². The fraction of sp³-hybridized carbons (Fsp3) is 0.381. The molecule has 146 valence electrons. The molecule has 0 spiro atoms. The number of nitrogens with one attached hydrogen (secondary N) is 2. The van der Waals surface area contributed by atoms with Crippen molar-refractivity contribution < 1.29 is 9.72 Å². The molecule has 1 amide bonds. The van der Waals surface area contributed by atoms with Crippen LogP contribution in [0.3, 0.4) is 0 Å². The molecular weight excluding hydrogens is 356 g/mol. The van der Waals surface area contributed by atoms with Gasteiger partial charge < -0.3 is 15.5 Å². The van der Waals surface area contributed by atoms with E-state index in [0.29, 0.717) is 17.4 Å². The largest absolute Gasteiger partial charge is 0.377 e. The Morgan fingerprint density at radius 2 is 1.75 bits per heavy atom. The van der Waals surface area contributed by atoms with Crippen LogP contribution in [0.2, 0.25) is 0 Å². The number of carbonyl (C=O) groups excluding carboxylic acids is 1. The molecule has 2 N–H and O–H groups in total. The number of nitro benzene ring substituents is 1. The number of piperidine rings is 1. The van der Waals surface area contributed by atoms with Crippen LogP contribution in [-0.2, 0) is 0 Å². The number of hydrogen-bond donors (Lipinski definition) is 2. The Morgan fingerprint density at radius 3 is 2.39 bits per heavy atom. The Morgan fingerprint density at radius 1 is 1.04 bits per heavy atom. The van der Waals surface area contributed by atoms with Gasteiger partial charge in [-0.15, -0.1) is 0 Å². The lowest BCUT2D eigenvalue weighted by Gasteiger charge is -2.28. The van der Waals surface area contributed by atoms with Crippen LogP contribution >= 0.6 is 0 Å². The minimum Gasteiger partial charge on any atom is -0.377 e. The minimum absolute atomic E-state index is 0.0694. The first kappa shape index (κ1) is 18.3. The van der Waals surface area contributed by atoms with Gasteiger partial charge in [0.15, 0.2) is 0 Å². The smallest absolute Gasteiger partial charge is 0.293 e. The number of rotatable bonds is 6. The van der Waals surface area contributed by atoms with E-state index >= 15 is 0 Å². The maximum absolute atomic E-state index is 12.6. The number of nitro groups is 1. The average Bonchev–Trinajstić information content (AvgIpc) is 3.53. The van der Waals surface area contributed by atoms with Gasteiger partial charge in [-0.3, -0.25) is 14.9 Å². The van der Waals surface area contributed by atoms with Crippen molar-refractivity contribution in [3.05, 3.63) is 58.1 Å². The zero-order valence-corrected chi connectivity index (χ0v) is 15.7. The normalized spacial score (nSPS) is 16.5. The van der Waals surface area contributed by atoms with E-state index in [2.05, 4.69) is 15.5 Å². The molecule has 7 heteroatoms. The number of amides is 1. The summed E-state index contributed by atoms with van der Waals surface area (Å²) < 4.78 is 0. The summed E-state index contributed by atoms with van der Waals surface area (Å²) in [5, 5.41) is 17.3. The van der Waals surface area contributed by atoms with Crippen LogP contribution in [0.15, 0.2) is 42.5 Å². The fourth-order valence-electron chi connectivity index (χ4n) is 3.50. The van der Waals surface area contributed by atoms with Gasteiger partial charge in [-0.25, -0.2) is 0 Å². The van der Waals surface area contributed by atoms with Crippen molar-refractivity contribution in [3.8, 4) is 0 Å². The highest BCUT2D eigenvalue weighted by atomic mass is 16.6.